The van der Waals surface area contributed by atoms with Gasteiger partial charge in [-0.15, -0.1) is 0 Å². The summed E-state index contributed by atoms with van der Waals surface area (Å²) in [4.78, 5) is 12.1. The van der Waals surface area contributed by atoms with E-state index in [1.165, 1.54) is 0 Å². The molecule has 130 valence electrons. The fourth-order valence-electron chi connectivity index (χ4n) is 2.77. The Morgan fingerprint density at radius 3 is 2.56 bits per heavy atom. The summed E-state index contributed by atoms with van der Waals surface area (Å²) in [5.74, 6) is -0.360. The fourth-order valence-corrected chi connectivity index (χ4v) is 2.94. The molecule has 2 aromatic rings. The summed E-state index contributed by atoms with van der Waals surface area (Å²) in [6, 6.07) is 9.69. The van der Waals surface area contributed by atoms with Gasteiger partial charge < -0.3 is 9.88 Å². The molecule has 0 saturated carbocycles. The molecule has 0 radical (unpaired) electrons. The van der Waals surface area contributed by atoms with Crippen molar-refractivity contribution in [3.8, 4) is 11.8 Å². The summed E-state index contributed by atoms with van der Waals surface area (Å²) in [5, 5.41) is 12.7. The van der Waals surface area contributed by atoms with Gasteiger partial charge in [-0.25, -0.2) is 0 Å². The Bertz CT molecular complexity index is 885. The minimum Gasteiger partial charge on any atom is -0.349 e. The maximum Gasteiger partial charge on any atom is 0.262 e. The largest absolute Gasteiger partial charge is 0.349 e. The quantitative estimate of drug-likeness (QED) is 0.649. The molecule has 1 aromatic carbocycles. The zero-order chi connectivity index (χ0) is 18.7. The average Bonchev–Trinajstić information content (AvgIpc) is 2.80. The van der Waals surface area contributed by atoms with Crippen molar-refractivity contribution in [1.29, 1.82) is 5.26 Å². The molecule has 0 aliphatic heterocycles. The lowest BCUT2D eigenvalue weighted by atomic mass is 10.1. The lowest BCUT2D eigenvalue weighted by Gasteiger charge is -2.13. The van der Waals surface area contributed by atoms with Crippen LogP contribution in [0.15, 0.2) is 29.8 Å². The Kier molecular flexibility index (Phi) is 5.71. The van der Waals surface area contributed by atoms with Crippen LogP contribution in [0.2, 0.25) is 5.02 Å². The summed E-state index contributed by atoms with van der Waals surface area (Å²) in [6.07, 6.45) is 1.64. The van der Waals surface area contributed by atoms with Crippen molar-refractivity contribution in [3.05, 3.63) is 57.4 Å². The molecule has 1 aromatic heterocycles. The number of rotatable bonds is 4. The fraction of sp³-hybridized carbons (Fsp3) is 0.300. The predicted molar refractivity (Wildman–Crippen MR) is 102 cm³/mol. The molecule has 25 heavy (non-hydrogen) atoms. The van der Waals surface area contributed by atoms with Crippen LogP contribution in [0.5, 0.6) is 0 Å². The molecule has 1 heterocycles. The van der Waals surface area contributed by atoms with E-state index in [9.17, 15) is 10.1 Å². The maximum atomic E-state index is 12.1. The zero-order valence-electron chi connectivity index (χ0n) is 15.1. The van der Waals surface area contributed by atoms with Gasteiger partial charge >= 0.3 is 0 Å². The summed E-state index contributed by atoms with van der Waals surface area (Å²) in [5.41, 5.74) is 4.99. The number of carbonyl (C=O) groups excluding carboxylic acids is 1. The maximum absolute atomic E-state index is 12.1. The third kappa shape index (κ3) is 4.12. The smallest absolute Gasteiger partial charge is 0.262 e. The van der Waals surface area contributed by atoms with Crippen LogP contribution >= 0.6 is 11.6 Å². The number of aryl methyl sites for hydroxylation is 2. The van der Waals surface area contributed by atoms with E-state index in [4.69, 9.17) is 11.6 Å². The topological polar surface area (TPSA) is 57.8 Å². The van der Waals surface area contributed by atoms with E-state index < -0.39 is 0 Å². The van der Waals surface area contributed by atoms with Gasteiger partial charge in [0, 0.05) is 28.1 Å². The van der Waals surface area contributed by atoms with Crippen LogP contribution in [-0.4, -0.2) is 16.5 Å². The van der Waals surface area contributed by atoms with E-state index in [0.29, 0.717) is 5.02 Å². The van der Waals surface area contributed by atoms with E-state index >= 15 is 0 Å². The molecule has 0 spiro atoms. The normalized spacial score (nSPS) is 11.5. The van der Waals surface area contributed by atoms with Crippen molar-refractivity contribution in [2.45, 2.75) is 40.7 Å². The minimum absolute atomic E-state index is 0.0224. The molecule has 0 unspecified atom stereocenters. The summed E-state index contributed by atoms with van der Waals surface area (Å²) in [6.45, 7) is 9.71. The second-order valence-electron chi connectivity index (χ2n) is 6.39. The predicted octanol–water partition coefficient (Wildman–Crippen LogP) is 4.49. The number of hydrogen-bond acceptors (Lipinski definition) is 2. The number of benzene rings is 1. The molecule has 0 saturated heterocycles. The lowest BCUT2D eigenvalue weighted by molar-refractivity contribution is -0.117. The van der Waals surface area contributed by atoms with Crippen LogP contribution in [0.1, 0.15) is 36.4 Å². The molecular formula is C20H22ClN3O. The molecule has 0 aliphatic rings. The summed E-state index contributed by atoms with van der Waals surface area (Å²) >= 11 is 6.15. The van der Waals surface area contributed by atoms with Gasteiger partial charge in [-0.3, -0.25) is 4.79 Å². The molecule has 1 amide bonds. The second-order valence-corrected chi connectivity index (χ2v) is 6.83. The van der Waals surface area contributed by atoms with E-state index in [1.54, 1.807) is 6.08 Å². The summed E-state index contributed by atoms with van der Waals surface area (Å²) < 4.78 is 2.09. The van der Waals surface area contributed by atoms with E-state index in [-0.39, 0.29) is 17.5 Å². The third-order valence-electron chi connectivity index (χ3n) is 3.97. The van der Waals surface area contributed by atoms with E-state index in [0.717, 1.165) is 28.2 Å². The van der Waals surface area contributed by atoms with Gasteiger partial charge in [0.2, 0.25) is 0 Å². The number of nitrogens with one attached hydrogen (secondary N) is 1. The first kappa shape index (κ1) is 18.8. The molecular weight excluding hydrogens is 334 g/mol. The second kappa shape index (κ2) is 7.58. The molecule has 0 aliphatic carbocycles. The number of hydrogen-bond donors (Lipinski definition) is 1. The first-order chi connectivity index (χ1) is 11.7. The van der Waals surface area contributed by atoms with Crippen LogP contribution in [-0.2, 0) is 4.79 Å². The Morgan fingerprint density at radius 2 is 1.96 bits per heavy atom. The number of carbonyl (C=O) groups is 1. The lowest BCUT2D eigenvalue weighted by Crippen LogP contribution is -2.30. The van der Waals surface area contributed by atoms with Crippen LogP contribution in [0.4, 0.5) is 0 Å². The van der Waals surface area contributed by atoms with Gasteiger partial charge in [-0.2, -0.15) is 5.26 Å². The number of halogens is 1. The molecule has 0 atom stereocenters. The third-order valence-corrected chi connectivity index (χ3v) is 4.20. The Balaban J connectivity index is 2.53. The molecule has 2 rings (SSSR count). The molecule has 0 bridgehead atoms. The van der Waals surface area contributed by atoms with Crippen LogP contribution < -0.4 is 5.32 Å². The van der Waals surface area contributed by atoms with Gasteiger partial charge in [0.25, 0.3) is 5.91 Å². The first-order valence-electron chi connectivity index (χ1n) is 8.12. The highest BCUT2D eigenvalue weighted by molar-refractivity contribution is 6.30. The van der Waals surface area contributed by atoms with E-state index in [2.05, 4.69) is 9.88 Å². The van der Waals surface area contributed by atoms with Crippen molar-refractivity contribution in [1.82, 2.24) is 9.88 Å². The molecule has 4 nitrogen and oxygen atoms in total. The number of amides is 1. The SMILES string of the molecule is Cc1ccc(Cl)cc1-n1c(C)cc(/C=C(/C#N)C(=O)NC(C)C)c1C. The van der Waals surface area contributed by atoms with Gasteiger partial charge in [0.15, 0.2) is 0 Å². The highest BCUT2D eigenvalue weighted by atomic mass is 35.5. The molecule has 5 heteroatoms. The molecule has 0 fully saturated rings. The Labute approximate surface area is 153 Å². The van der Waals surface area contributed by atoms with Crippen molar-refractivity contribution in [2.24, 2.45) is 0 Å². The van der Waals surface area contributed by atoms with Crippen molar-refractivity contribution >= 4 is 23.6 Å². The Hall–Kier alpha value is -2.51. The van der Waals surface area contributed by atoms with Crippen molar-refractivity contribution in [3.63, 3.8) is 0 Å². The van der Waals surface area contributed by atoms with E-state index in [1.807, 2.05) is 65.0 Å². The summed E-state index contributed by atoms with van der Waals surface area (Å²) in [7, 11) is 0. The number of nitrogens with zero attached hydrogens (tertiary/aromatic N) is 2. The van der Waals surface area contributed by atoms with Gasteiger partial charge in [0.1, 0.15) is 11.6 Å². The van der Waals surface area contributed by atoms with Crippen molar-refractivity contribution in [2.75, 3.05) is 0 Å². The monoisotopic (exact) mass is 355 g/mol. The van der Waals surface area contributed by atoms with Gasteiger partial charge in [-0.1, -0.05) is 17.7 Å². The van der Waals surface area contributed by atoms with Gasteiger partial charge in [0.05, 0.1) is 0 Å². The van der Waals surface area contributed by atoms with Crippen LogP contribution in [0.25, 0.3) is 11.8 Å². The van der Waals surface area contributed by atoms with Crippen LogP contribution in [0.3, 0.4) is 0 Å². The number of aromatic nitrogens is 1. The Morgan fingerprint density at radius 1 is 1.28 bits per heavy atom. The first-order valence-corrected chi connectivity index (χ1v) is 8.50. The van der Waals surface area contributed by atoms with Crippen LogP contribution in [0, 0.1) is 32.1 Å². The number of nitriles is 1. The molecule has 1 N–H and O–H groups in total. The van der Waals surface area contributed by atoms with Gasteiger partial charge in [-0.05, 0) is 70.0 Å². The standard InChI is InChI=1S/C20H22ClN3O/c1-12(2)23-20(25)17(11-22)9-16-8-14(4)24(15(16)5)19-10-18(21)7-6-13(19)3/h6-10,12H,1-5H3,(H,23,25)/b17-9-. The highest BCUT2D eigenvalue weighted by Gasteiger charge is 2.15. The zero-order valence-corrected chi connectivity index (χ0v) is 15.9. The average molecular weight is 356 g/mol. The highest BCUT2D eigenvalue weighted by Crippen LogP contribution is 2.27. The minimum atomic E-state index is -0.360. The van der Waals surface area contributed by atoms with Crippen molar-refractivity contribution < 1.29 is 4.79 Å².